The number of ether oxygens (including phenoxy) is 1. The van der Waals surface area contributed by atoms with Crippen LogP contribution in [0, 0.1) is 11.8 Å². The highest BCUT2D eigenvalue weighted by Gasteiger charge is 2.18. The molecule has 0 aromatic carbocycles. The van der Waals surface area contributed by atoms with E-state index in [0.29, 0.717) is 12.5 Å². The van der Waals surface area contributed by atoms with E-state index in [9.17, 15) is 0 Å². The van der Waals surface area contributed by atoms with Crippen LogP contribution in [0.5, 0.6) is 0 Å². The second kappa shape index (κ2) is 7.40. The molecular formula is C14H24N4O. The van der Waals surface area contributed by atoms with Crippen molar-refractivity contribution < 1.29 is 4.74 Å². The van der Waals surface area contributed by atoms with Gasteiger partial charge in [-0.15, -0.1) is 5.10 Å². The third kappa shape index (κ3) is 4.44. The Kier molecular flexibility index (Phi) is 5.54. The Balaban J connectivity index is 1.64. The van der Waals surface area contributed by atoms with Crippen LogP contribution >= 0.6 is 0 Å². The number of nitrogens with zero attached hydrogens (tertiary/aromatic N) is 3. The van der Waals surface area contributed by atoms with E-state index in [1.165, 1.54) is 6.42 Å². The standard InChI is InChI=1S/C14H24N4O/c1-12-5-3-4-6-13(12)11-19-8-7-18-10-14(9-15-2)16-17-18/h3-4,10,12-13,15H,5-9,11H2,1-2H3. The lowest BCUT2D eigenvalue weighted by Gasteiger charge is -2.24. The summed E-state index contributed by atoms with van der Waals surface area (Å²) in [7, 11) is 1.90. The van der Waals surface area contributed by atoms with Gasteiger partial charge in [0.1, 0.15) is 0 Å². The molecular weight excluding hydrogens is 240 g/mol. The van der Waals surface area contributed by atoms with Gasteiger partial charge >= 0.3 is 0 Å². The number of hydrogen-bond acceptors (Lipinski definition) is 4. The van der Waals surface area contributed by atoms with Crippen molar-refractivity contribution >= 4 is 0 Å². The Hall–Kier alpha value is -1.20. The lowest BCUT2D eigenvalue weighted by atomic mass is 9.85. The SMILES string of the molecule is CNCc1cn(CCOCC2CC=CCC2C)nn1. The average molecular weight is 264 g/mol. The van der Waals surface area contributed by atoms with Crippen molar-refractivity contribution in [3.8, 4) is 0 Å². The maximum Gasteiger partial charge on any atom is 0.0964 e. The van der Waals surface area contributed by atoms with Gasteiger partial charge in [-0.05, 0) is 31.7 Å². The summed E-state index contributed by atoms with van der Waals surface area (Å²) in [6.45, 7) is 5.39. The molecule has 0 aliphatic heterocycles. The van der Waals surface area contributed by atoms with Gasteiger partial charge in [0.15, 0.2) is 0 Å². The molecule has 5 nitrogen and oxygen atoms in total. The van der Waals surface area contributed by atoms with Crippen LogP contribution in [0.25, 0.3) is 0 Å². The average Bonchev–Trinajstić information content (AvgIpc) is 2.85. The van der Waals surface area contributed by atoms with Crippen molar-refractivity contribution in [2.24, 2.45) is 11.8 Å². The van der Waals surface area contributed by atoms with Crippen LogP contribution in [0.3, 0.4) is 0 Å². The molecule has 0 bridgehead atoms. The number of allylic oxidation sites excluding steroid dienone is 2. The number of aromatic nitrogens is 3. The lowest BCUT2D eigenvalue weighted by molar-refractivity contribution is 0.0722. The normalized spacial score (nSPS) is 22.8. The van der Waals surface area contributed by atoms with E-state index >= 15 is 0 Å². The molecule has 1 aromatic rings. The first kappa shape index (κ1) is 14.2. The summed E-state index contributed by atoms with van der Waals surface area (Å²) in [5.41, 5.74) is 0.966. The molecule has 106 valence electrons. The van der Waals surface area contributed by atoms with E-state index in [2.05, 4.69) is 34.7 Å². The highest BCUT2D eigenvalue weighted by atomic mass is 16.5. The zero-order valence-corrected chi connectivity index (χ0v) is 11.9. The van der Waals surface area contributed by atoms with Gasteiger partial charge in [-0.1, -0.05) is 24.3 Å². The summed E-state index contributed by atoms with van der Waals surface area (Å²) in [4.78, 5) is 0. The third-order valence-electron chi connectivity index (χ3n) is 3.66. The zero-order chi connectivity index (χ0) is 13.5. The molecule has 19 heavy (non-hydrogen) atoms. The van der Waals surface area contributed by atoms with Crippen LogP contribution in [-0.2, 0) is 17.8 Å². The summed E-state index contributed by atoms with van der Waals surface area (Å²) in [6.07, 6.45) is 8.85. The van der Waals surface area contributed by atoms with Crippen LogP contribution in [0.1, 0.15) is 25.5 Å². The summed E-state index contributed by atoms with van der Waals surface area (Å²) in [6, 6.07) is 0. The Morgan fingerprint density at radius 1 is 1.42 bits per heavy atom. The topological polar surface area (TPSA) is 52.0 Å². The first-order valence-corrected chi connectivity index (χ1v) is 7.06. The van der Waals surface area contributed by atoms with Gasteiger partial charge in [-0.3, -0.25) is 0 Å². The van der Waals surface area contributed by atoms with Gasteiger partial charge in [-0.25, -0.2) is 4.68 Å². The monoisotopic (exact) mass is 264 g/mol. The highest BCUT2D eigenvalue weighted by Crippen LogP contribution is 2.24. The van der Waals surface area contributed by atoms with E-state index in [0.717, 1.165) is 37.7 Å². The molecule has 0 radical (unpaired) electrons. The van der Waals surface area contributed by atoms with E-state index in [-0.39, 0.29) is 0 Å². The minimum Gasteiger partial charge on any atom is -0.379 e. The fourth-order valence-corrected chi connectivity index (χ4v) is 2.34. The third-order valence-corrected chi connectivity index (χ3v) is 3.66. The Morgan fingerprint density at radius 3 is 3.05 bits per heavy atom. The summed E-state index contributed by atoms with van der Waals surface area (Å²) < 4.78 is 7.62. The molecule has 1 aromatic heterocycles. The molecule has 0 spiro atoms. The maximum absolute atomic E-state index is 5.78. The first-order valence-electron chi connectivity index (χ1n) is 7.06. The lowest BCUT2D eigenvalue weighted by Crippen LogP contribution is -2.20. The van der Waals surface area contributed by atoms with Gasteiger partial charge in [0.05, 0.1) is 25.5 Å². The summed E-state index contributed by atoms with van der Waals surface area (Å²) >= 11 is 0. The molecule has 2 atom stereocenters. The van der Waals surface area contributed by atoms with Crippen LogP contribution in [0.2, 0.25) is 0 Å². The zero-order valence-electron chi connectivity index (χ0n) is 11.9. The van der Waals surface area contributed by atoms with Gasteiger partial charge in [0, 0.05) is 12.7 Å². The minimum atomic E-state index is 0.667. The van der Waals surface area contributed by atoms with Gasteiger partial charge in [-0.2, -0.15) is 0 Å². The van der Waals surface area contributed by atoms with Crippen molar-refractivity contribution in [3.05, 3.63) is 24.0 Å². The quantitative estimate of drug-likeness (QED) is 0.600. The smallest absolute Gasteiger partial charge is 0.0964 e. The van der Waals surface area contributed by atoms with E-state index in [4.69, 9.17) is 4.74 Å². The first-order chi connectivity index (χ1) is 9.29. The largest absolute Gasteiger partial charge is 0.379 e. The molecule has 2 unspecified atom stereocenters. The highest BCUT2D eigenvalue weighted by molar-refractivity contribution is 4.93. The molecule has 1 aliphatic carbocycles. The van der Waals surface area contributed by atoms with Crippen molar-refractivity contribution in [1.29, 1.82) is 0 Å². The van der Waals surface area contributed by atoms with Crippen LogP contribution in [0.4, 0.5) is 0 Å². The molecule has 1 N–H and O–H groups in total. The van der Waals surface area contributed by atoms with Crippen molar-refractivity contribution in [2.75, 3.05) is 20.3 Å². The molecule has 2 rings (SSSR count). The van der Waals surface area contributed by atoms with Crippen LogP contribution in [0.15, 0.2) is 18.3 Å². The number of rotatable bonds is 7. The molecule has 0 saturated carbocycles. The van der Waals surface area contributed by atoms with E-state index in [1.54, 1.807) is 0 Å². The van der Waals surface area contributed by atoms with Gasteiger partial charge in [0.2, 0.25) is 0 Å². The van der Waals surface area contributed by atoms with Gasteiger partial charge in [0.25, 0.3) is 0 Å². The van der Waals surface area contributed by atoms with Crippen LogP contribution in [-0.4, -0.2) is 35.3 Å². The van der Waals surface area contributed by atoms with Crippen molar-refractivity contribution in [3.63, 3.8) is 0 Å². The minimum absolute atomic E-state index is 0.667. The molecule has 0 saturated heterocycles. The molecule has 1 heterocycles. The predicted molar refractivity (Wildman–Crippen MR) is 74.6 cm³/mol. The predicted octanol–water partition coefficient (Wildman–Crippen LogP) is 1.62. The number of nitrogens with one attached hydrogen (secondary N) is 1. The number of hydrogen-bond donors (Lipinski definition) is 1. The molecule has 5 heteroatoms. The fraction of sp³-hybridized carbons (Fsp3) is 0.714. The summed E-state index contributed by atoms with van der Waals surface area (Å²) in [5.74, 6) is 1.40. The second-order valence-electron chi connectivity index (χ2n) is 5.26. The summed E-state index contributed by atoms with van der Waals surface area (Å²) in [5, 5.41) is 11.2. The van der Waals surface area contributed by atoms with E-state index < -0.39 is 0 Å². The van der Waals surface area contributed by atoms with Crippen molar-refractivity contribution in [1.82, 2.24) is 20.3 Å². The molecule has 0 amide bonds. The van der Waals surface area contributed by atoms with Gasteiger partial charge < -0.3 is 10.1 Å². The Bertz CT molecular complexity index is 402. The van der Waals surface area contributed by atoms with Crippen molar-refractivity contribution in [2.45, 2.75) is 32.9 Å². The Morgan fingerprint density at radius 2 is 2.26 bits per heavy atom. The maximum atomic E-state index is 5.78. The fourth-order valence-electron chi connectivity index (χ4n) is 2.34. The van der Waals surface area contributed by atoms with Crippen LogP contribution < -0.4 is 5.32 Å². The molecule has 0 fully saturated rings. The molecule has 1 aliphatic rings. The van der Waals surface area contributed by atoms with E-state index in [1.807, 2.05) is 17.9 Å². The Labute approximate surface area is 115 Å². The second-order valence-corrected chi connectivity index (χ2v) is 5.26.